The van der Waals surface area contributed by atoms with E-state index in [4.69, 9.17) is 5.73 Å². The number of nitrogens with two attached hydrogens (primary N) is 1. The van der Waals surface area contributed by atoms with E-state index in [9.17, 15) is 29.1 Å². The molecule has 0 radical (unpaired) electrons. The Morgan fingerprint density at radius 2 is 1.68 bits per heavy atom. The van der Waals surface area contributed by atoms with Crippen LogP contribution in [0.15, 0.2) is 0 Å². The van der Waals surface area contributed by atoms with Crippen LogP contribution >= 0.6 is 0 Å². The number of hydrogen-bond donors (Lipinski definition) is 6. The van der Waals surface area contributed by atoms with E-state index < -0.39 is 47.9 Å². The minimum absolute atomic E-state index is 0.263. The number of amides is 4. The normalized spacial score (nSPS) is 22.5. The fourth-order valence-electron chi connectivity index (χ4n) is 4.23. The van der Waals surface area contributed by atoms with Crippen molar-refractivity contribution in [1.82, 2.24) is 26.2 Å². The number of likely N-dealkylation sites (tertiary alicyclic amines) is 1. The van der Waals surface area contributed by atoms with Crippen molar-refractivity contribution in [2.75, 3.05) is 19.6 Å². The molecule has 0 aliphatic carbocycles. The first-order valence-electron chi connectivity index (χ1n) is 12.0. The maximum atomic E-state index is 13.1. The van der Waals surface area contributed by atoms with Crippen LogP contribution in [0, 0.1) is 0 Å². The number of nitrogens with one attached hydrogen (secondary N) is 4. The Morgan fingerprint density at radius 3 is 2.29 bits per heavy atom. The topological polar surface area (TPSA) is 183 Å². The van der Waals surface area contributed by atoms with E-state index >= 15 is 0 Å². The Morgan fingerprint density at radius 1 is 1.00 bits per heavy atom. The van der Waals surface area contributed by atoms with Gasteiger partial charge in [-0.15, -0.1) is 0 Å². The highest BCUT2D eigenvalue weighted by Crippen LogP contribution is 2.20. The van der Waals surface area contributed by atoms with Crippen molar-refractivity contribution < 1.29 is 29.1 Å². The molecule has 2 rings (SSSR count). The highest BCUT2D eigenvalue weighted by molar-refractivity contribution is 5.95. The van der Waals surface area contributed by atoms with Gasteiger partial charge in [-0.05, 0) is 71.9 Å². The lowest BCUT2D eigenvalue weighted by Gasteiger charge is -2.28. The molecule has 0 bridgehead atoms. The molecular formula is C22H38N6O6. The second kappa shape index (κ2) is 13.2. The summed E-state index contributed by atoms with van der Waals surface area (Å²) in [6, 6.07) is -3.94. The summed E-state index contributed by atoms with van der Waals surface area (Å²) in [5.41, 5.74) is 5.54. The van der Waals surface area contributed by atoms with Gasteiger partial charge in [-0.1, -0.05) is 0 Å². The molecule has 2 aliphatic rings. The van der Waals surface area contributed by atoms with Crippen molar-refractivity contribution in [2.45, 2.75) is 89.0 Å². The van der Waals surface area contributed by atoms with Gasteiger partial charge in [0, 0.05) is 6.54 Å². The third-order valence-electron chi connectivity index (χ3n) is 6.26. The predicted molar refractivity (Wildman–Crippen MR) is 123 cm³/mol. The highest BCUT2D eigenvalue weighted by Gasteiger charge is 2.38. The van der Waals surface area contributed by atoms with Crippen molar-refractivity contribution in [3.8, 4) is 0 Å². The van der Waals surface area contributed by atoms with Gasteiger partial charge in [-0.25, -0.2) is 4.79 Å². The first-order chi connectivity index (χ1) is 16.1. The van der Waals surface area contributed by atoms with Gasteiger partial charge in [-0.3, -0.25) is 19.2 Å². The number of carbonyl (C=O) groups excluding carboxylic acids is 4. The molecular weight excluding hydrogens is 444 g/mol. The van der Waals surface area contributed by atoms with E-state index in [1.165, 1.54) is 18.7 Å². The lowest BCUT2D eigenvalue weighted by Crippen LogP contribution is -2.57. The summed E-state index contributed by atoms with van der Waals surface area (Å²) in [7, 11) is 0. The van der Waals surface area contributed by atoms with E-state index in [0.717, 1.165) is 13.0 Å². The average Bonchev–Trinajstić information content (AvgIpc) is 3.50. The molecule has 0 spiro atoms. The van der Waals surface area contributed by atoms with Crippen molar-refractivity contribution in [3.63, 3.8) is 0 Å². The van der Waals surface area contributed by atoms with Crippen molar-refractivity contribution in [2.24, 2.45) is 5.73 Å². The van der Waals surface area contributed by atoms with Gasteiger partial charge in [0.2, 0.25) is 23.6 Å². The van der Waals surface area contributed by atoms with Crippen LogP contribution in [0.2, 0.25) is 0 Å². The molecule has 0 saturated carbocycles. The van der Waals surface area contributed by atoms with Crippen LogP contribution in [0.3, 0.4) is 0 Å². The molecule has 7 N–H and O–H groups in total. The molecule has 2 aliphatic heterocycles. The smallest absolute Gasteiger partial charge is 0.326 e. The Hall–Kier alpha value is -2.73. The van der Waals surface area contributed by atoms with Crippen molar-refractivity contribution >= 4 is 29.6 Å². The molecule has 2 fully saturated rings. The van der Waals surface area contributed by atoms with E-state index in [1.807, 2.05) is 0 Å². The van der Waals surface area contributed by atoms with Crippen LogP contribution in [-0.4, -0.2) is 89.4 Å². The fraction of sp³-hybridized carbons (Fsp3) is 0.773. The Labute approximate surface area is 199 Å². The van der Waals surface area contributed by atoms with E-state index in [1.54, 1.807) is 0 Å². The molecule has 12 heteroatoms. The van der Waals surface area contributed by atoms with Gasteiger partial charge in [0.15, 0.2) is 0 Å². The molecule has 12 nitrogen and oxygen atoms in total. The first-order valence-corrected chi connectivity index (χ1v) is 12.0. The minimum Gasteiger partial charge on any atom is -0.480 e. The molecule has 192 valence electrons. The largest absolute Gasteiger partial charge is 0.480 e. The molecule has 34 heavy (non-hydrogen) atoms. The summed E-state index contributed by atoms with van der Waals surface area (Å²) in [5.74, 6) is -2.87. The van der Waals surface area contributed by atoms with Crippen LogP contribution in [-0.2, 0) is 24.0 Å². The maximum Gasteiger partial charge on any atom is 0.326 e. The molecule has 0 aromatic carbocycles. The van der Waals surface area contributed by atoms with Gasteiger partial charge in [0.25, 0.3) is 0 Å². The number of hydrogen-bond acceptors (Lipinski definition) is 7. The summed E-state index contributed by atoms with van der Waals surface area (Å²) in [6.07, 6.45) is 4.10. The maximum absolute atomic E-state index is 13.1. The van der Waals surface area contributed by atoms with Gasteiger partial charge < -0.3 is 37.0 Å². The van der Waals surface area contributed by atoms with Crippen LogP contribution in [0.4, 0.5) is 0 Å². The zero-order chi connectivity index (χ0) is 25.3. The minimum atomic E-state index is -1.07. The van der Waals surface area contributed by atoms with E-state index in [0.29, 0.717) is 51.6 Å². The van der Waals surface area contributed by atoms with E-state index in [-0.39, 0.29) is 11.9 Å². The van der Waals surface area contributed by atoms with Crippen LogP contribution in [0.5, 0.6) is 0 Å². The summed E-state index contributed by atoms with van der Waals surface area (Å²) in [6.45, 7) is 4.52. The predicted octanol–water partition coefficient (Wildman–Crippen LogP) is -1.56. The lowest BCUT2D eigenvalue weighted by molar-refractivity contribution is -0.149. The number of unbranched alkanes of at least 4 members (excludes halogenated alkanes) is 1. The summed E-state index contributed by atoms with van der Waals surface area (Å²) < 4.78 is 0. The monoisotopic (exact) mass is 482 g/mol. The average molecular weight is 483 g/mol. The molecule has 0 aromatic rings. The van der Waals surface area contributed by atoms with Gasteiger partial charge in [0.1, 0.15) is 24.2 Å². The first kappa shape index (κ1) is 27.5. The zero-order valence-electron chi connectivity index (χ0n) is 20.0. The number of aliphatic carboxylic acids is 1. The third-order valence-corrected chi connectivity index (χ3v) is 6.26. The number of carbonyl (C=O) groups is 5. The van der Waals surface area contributed by atoms with Gasteiger partial charge in [-0.2, -0.15) is 0 Å². The van der Waals surface area contributed by atoms with Crippen molar-refractivity contribution in [3.05, 3.63) is 0 Å². The van der Waals surface area contributed by atoms with Crippen LogP contribution in [0.1, 0.15) is 58.8 Å². The third kappa shape index (κ3) is 7.66. The highest BCUT2D eigenvalue weighted by atomic mass is 16.4. The summed E-state index contributed by atoms with van der Waals surface area (Å²) >= 11 is 0. The number of carboxylic acids is 1. The second-order valence-electron chi connectivity index (χ2n) is 8.98. The van der Waals surface area contributed by atoms with Crippen LogP contribution < -0.4 is 27.0 Å². The second-order valence-corrected chi connectivity index (χ2v) is 8.98. The lowest BCUT2D eigenvalue weighted by atomic mass is 10.1. The van der Waals surface area contributed by atoms with Crippen molar-refractivity contribution in [1.29, 1.82) is 0 Å². The molecule has 2 saturated heterocycles. The van der Waals surface area contributed by atoms with E-state index in [2.05, 4.69) is 21.3 Å². The Bertz CT molecular complexity index is 756. The molecule has 5 atom stereocenters. The summed E-state index contributed by atoms with van der Waals surface area (Å²) in [4.78, 5) is 63.3. The Kier molecular flexibility index (Phi) is 10.7. The quantitative estimate of drug-likeness (QED) is 0.180. The Balaban J connectivity index is 1.94. The molecule has 0 aromatic heterocycles. The number of rotatable bonds is 12. The SMILES string of the molecule is C[C@H](NC(=O)[C@H](C)NC(=O)[C@@H]1CCCN1)C(=O)N[C@@H](CCCCN)C(=O)N1CCC[C@H]1C(=O)O. The van der Waals surface area contributed by atoms with Gasteiger partial charge >= 0.3 is 5.97 Å². The number of nitrogens with zero attached hydrogens (tertiary/aromatic N) is 1. The molecule has 0 unspecified atom stereocenters. The number of carboxylic acid groups (broad SMARTS) is 1. The van der Waals surface area contributed by atoms with Gasteiger partial charge in [0.05, 0.1) is 6.04 Å². The summed E-state index contributed by atoms with van der Waals surface area (Å²) in [5, 5.41) is 20.3. The van der Waals surface area contributed by atoms with Crippen LogP contribution in [0.25, 0.3) is 0 Å². The standard InChI is InChI=1S/C22H38N6O6/c1-13(26-20(31)15-8-5-11-24-15)18(29)25-14(2)19(30)27-16(7-3-4-10-23)21(32)28-12-6-9-17(28)22(33)34/h13-17,24H,3-12,23H2,1-2H3,(H,25,29)(H,26,31)(H,27,30)(H,33,34)/t13-,14-,15-,16-,17-/m0/s1. The zero-order valence-corrected chi connectivity index (χ0v) is 20.0. The fourth-order valence-corrected chi connectivity index (χ4v) is 4.23. The molecule has 4 amide bonds. The molecule has 2 heterocycles.